The topological polar surface area (TPSA) is 55.5 Å². The van der Waals surface area contributed by atoms with Crippen molar-refractivity contribution in [3.05, 3.63) is 11.6 Å². The monoisotopic (exact) mass is 415 g/mol. The summed E-state index contributed by atoms with van der Waals surface area (Å²) in [5.74, 6) is 4.57. The number of ether oxygens (including phenoxy) is 1. The molecule has 1 aliphatic heterocycles. The molecule has 0 aromatic heterocycles. The van der Waals surface area contributed by atoms with Gasteiger partial charge in [-0.1, -0.05) is 46.3 Å². The van der Waals surface area contributed by atoms with Crippen LogP contribution in [-0.4, -0.2) is 23.0 Å². The van der Waals surface area contributed by atoms with Gasteiger partial charge in [0.2, 0.25) is 0 Å². The first-order chi connectivity index (χ1) is 14.1. The molecule has 10 atom stereocenters. The van der Waals surface area contributed by atoms with Crippen LogP contribution in [-0.2, 0) is 4.74 Å². The van der Waals surface area contributed by atoms with Crippen LogP contribution in [0.1, 0.15) is 92.4 Å². The Morgan fingerprint density at radius 2 is 1.97 bits per heavy atom. The minimum Gasteiger partial charge on any atom is -0.376 e. The quantitative estimate of drug-likeness (QED) is 0.462. The van der Waals surface area contributed by atoms with Gasteiger partial charge in [-0.15, -0.1) is 0 Å². The summed E-state index contributed by atoms with van der Waals surface area (Å²) in [6.07, 6.45) is 13.7. The van der Waals surface area contributed by atoms with E-state index in [0.717, 1.165) is 42.4 Å². The van der Waals surface area contributed by atoms with Gasteiger partial charge in [0.05, 0.1) is 12.2 Å². The van der Waals surface area contributed by atoms with Crippen molar-refractivity contribution in [2.75, 3.05) is 0 Å². The highest BCUT2D eigenvalue weighted by Gasteiger charge is 2.65. The highest BCUT2D eigenvalue weighted by atomic mass is 16.5. The Morgan fingerprint density at radius 1 is 1.20 bits per heavy atom. The summed E-state index contributed by atoms with van der Waals surface area (Å²) in [6, 6.07) is 0. The maximum atomic E-state index is 10.5. The molecule has 0 amide bonds. The summed E-state index contributed by atoms with van der Waals surface area (Å²) in [5, 5.41) is 10.5. The molecule has 0 aromatic rings. The summed E-state index contributed by atoms with van der Waals surface area (Å²) >= 11 is 0. The van der Waals surface area contributed by atoms with Crippen LogP contribution >= 0.6 is 0 Å². The average molecular weight is 416 g/mol. The normalized spacial score (nSPS) is 54.9. The predicted molar refractivity (Wildman–Crippen MR) is 122 cm³/mol. The van der Waals surface area contributed by atoms with E-state index in [9.17, 15) is 5.11 Å². The van der Waals surface area contributed by atoms with E-state index in [0.29, 0.717) is 30.0 Å². The van der Waals surface area contributed by atoms with Crippen molar-refractivity contribution in [1.82, 2.24) is 0 Å². The number of hydrogen-bond donors (Lipinski definition) is 2. The van der Waals surface area contributed by atoms with Gasteiger partial charge in [-0.3, -0.25) is 0 Å². The van der Waals surface area contributed by atoms with Crippen LogP contribution in [0.3, 0.4) is 0 Å². The lowest BCUT2D eigenvalue weighted by molar-refractivity contribution is -0.0743. The third kappa shape index (κ3) is 3.09. The van der Waals surface area contributed by atoms with Crippen molar-refractivity contribution in [3.63, 3.8) is 0 Å². The zero-order chi connectivity index (χ0) is 21.5. The third-order valence-corrected chi connectivity index (χ3v) is 10.8. The molecular formula is C27H45NO2. The highest BCUT2D eigenvalue weighted by molar-refractivity contribution is 5.27. The molecule has 5 rings (SSSR count). The molecule has 1 unspecified atom stereocenters. The largest absolute Gasteiger partial charge is 0.376 e. The average Bonchev–Trinajstić information content (AvgIpc) is 3.14. The number of rotatable bonds is 3. The number of allylic oxidation sites excluding steroid dienone is 1. The molecule has 4 fully saturated rings. The van der Waals surface area contributed by atoms with Crippen LogP contribution in [0.4, 0.5) is 0 Å². The maximum Gasteiger partial charge on any atom is 0.117 e. The Bertz CT molecular complexity index is 714. The second kappa shape index (κ2) is 7.06. The Kier molecular flexibility index (Phi) is 5.05. The van der Waals surface area contributed by atoms with Crippen molar-refractivity contribution in [1.29, 1.82) is 0 Å². The smallest absolute Gasteiger partial charge is 0.117 e. The van der Waals surface area contributed by atoms with Gasteiger partial charge in [0.15, 0.2) is 0 Å². The molecule has 3 N–H and O–H groups in total. The fourth-order valence-corrected chi connectivity index (χ4v) is 9.19. The van der Waals surface area contributed by atoms with Gasteiger partial charge in [0, 0.05) is 6.42 Å². The molecule has 3 nitrogen and oxygen atoms in total. The molecule has 30 heavy (non-hydrogen) atoms. The lowest BCUT2D eigenvalue weighted by Gasteiger charge is -2.59. The lowest BCUT2D eigenvalue weighted by atomic mass is 9.46. The molecule has 1 heterocycles. The second-order valence-corrected chi connectivity index (χ2v) is 12.9. The lowest BCUT2D eigenvalue weighted by Crippen LogP contribution is -2.54. The Labute approximate surface area is 184 Å². The molecule has 3 saturated carbocycles. The molecule has 0 bridgehead atoms. The van der Waals surface area contributed by atoms with Crippen molar-refractivity contribution < 1.29 is 9.84 Å². The van der Waals surface area contributed by atoms with Crippen LogP contribution in [0.2, 0.25) is 0 Å². The van der Waals surface area contributed by atoms with Crippen molar-refractivity contribution in [3.8, 4) is 0 Å². The number of nitrogens with two attached hydrogens (primary N) is 1. The standard InChI is InChI=1S/C27H45NO2/c1-16(2)6-9-22-17(3)24-23(30-22)14-21-19-8-7-18-15-27(28,29)13-12-25(18,4)20(19)10-11-26(21,24)5/h7,16-17,19-24,29H,6,8-15,28H2,1-5H3/t17-,19-,20+,21+,22-,23+,24+,25+,26+,27?/m1/s1. The molecule has 0 aromatic carbocycles. The van der Waals surface area contributed by atoms with E-state index < -0.39 is 5.72 Å². The first-order valence-corrected chi connectivity index (χ1v) is 12.9. The Morgan fingerprint density at radius 3 is 2.70 bits per heavy atom. The highest BCUT2D eigenvalue weighted by Crippen LogP contribution is 2.69. The summed E-state index contributed by atoms with van der Waals surface area (Å²) in [6.45, 7) is 12.3. The van der Waals surface area contributed by atoms with Crippen molar-refractivity contribution >= 4 is 0 Å². The maximum absolute atomic E-state index is 10.5. The summed E-state index contributed by atoms with van der Waals surface area (Å²) in [5.41, 5.74) is 7.32. The van der Waals surface area contributed by atoms with E-state index in [2.05, 4.69) is 40.7 Å². The van der Waals surface area contributed by atoms with Gasteiger partial charge in [0.25, 0.3) is 0 Å². The van der Waals surface area contributed by atoms with E-state index in [-0.39, 0.29) is 5.41 Å². The summed E-state index contributed by atoms with van der Waals surface area (Å²) < 4.78 is 6.78. The van der Waals surface area contributed by atoms with Crippen LogP contribution in [0, 0.1) is 46.3 Å². The zero-order valence-electron chi connectivity index (χ0n) is 20.0. The summed E-state index contributed by atoms with van der Waals surface area (Å²) in [7, 11) is 0. The summed E-state index contributed by atoms with van der Waals surface area (Å²) in [4.78, 5) is 0. The van der Waals surface area contributed by atoms with Crippen LogP contribution < -0.4 is 5.73 Å². The number of hydrogen-bond acceptors (Lipinski definition) is 3. The molecule has 5 aliphatic rings. The minimum absolute atomic E-state index is 0.250. The van der Waals surface area contributed by atoms with Gasteiger partial charge >= 0.3 is 0 Å². The third-order valence-electron chi connectivity index (χ3n) is 10.8. The predicted octanol–water partition coefficient (Wildman–Crippen LogP) is 5.66. The minimum atomic E-state index is -0.986. The zero-order valence-corrected chi connectivity index (χ0v) is 20.0. The molecule has 0 spiro atoms. The van der Waals surface area contributed by atoms with Crippen molar-refractivity contribution in [2.45, 2.75) is 110 Å². The van der Waals surface area contributed by atoms with Crippen molar-refractivity contribution in [2.24, 2.45) is 52.1 Å². The van der Waals surface area contributed by atoms with Crippen LogP contribution in [0.25, 0.3) is 0 Å². The molecule has 0 radical (unpaired) electrons. The fourth-order valence-electron chi connectivity index (χ4n) is 9.19. The molecule has 3 heteroatoms. The van der Waals surface area contributed by atoms with E-state index in [1.165, 1.54) is 44.1 Å². The van der Waals surface area contributed by atoms with Gasteiger partial charge in [-0.25, -0.2) is 0 Å². The molecule has 1 saturated heterocycles. The van der Waals surface area contributed by atoms with Gasteiger partial charge in [0.1, 0.15) is 5.72 Å². The van der Waals surface area contributed by atoms with Crippen LogP contribution in [0.5, 0.6) is 0 Å². The molecular weight excluding hydrogens is 370 g/mol. The molecule has 4 aliphatic carbocycles. The van der Waals surface area contributed by atoms with Gasteiger partial charge in [-0.05, 0) is 97.7 Å². The van der Waals surface area contributed by atoms with Crippen LogP contribution in [0.15, 0.2) is 11.6 Å². The SMILES string of the molecule is CC(C)CC[C@H]1O[C@H]2C[C@H]3[C@@H]4CC=C5CC(N)(O)CC[C@]5(C)[C@H]4CC[C@]3(C)[C@H]2[C@@H]1C. The van der Waals surface area contributed by atoms with Gasteiger partial charge < -0.3 is 15.6 Å². The van der Waals surface area contributed by atoms with E-state index in [1.807, 2.05) is 0 Å². The first-order valence-electron chi connectivity index (χ1n) is 12.9. The Hall–Kier alpha value is -0.380. The second-order valence-electron chi connectivity index (χ2n) is 12.9. The van der Waals surface area contributed by atoms with E-state index >= 15 is 0 Å². The van der Waals surface area contributed by atoms with Gasteiger partial charge in [-0.2, -0.15) is 0 Å². The molecule has 170 valence electrons. The fraction of sp³-hybridized carbons (Fsp3) is 0.926. The number of fused-ring (bicyclic) bond motifs is 7. The Balaban J connectivity index is 1.37. The first kappa shape index (κ1) is 21.5. The van der Waals surface area contributed by atoms with E-state index in [4.69, 9.17) is 10.5 Å². The number of aliphatic hydroxyl groups is 1. The van der Waals surface area contributed by atoms with E-state index in [1.54, 1.807) is 0 Å².